The van der Waals surface area contributed by atoms with Crippen molar-refractivity contribution in [3.63, 3.8) is 0 Å². The molecule has 1 aromatic heterocycles. The van der Waals surface area contributed by atoms with Crippen LogP contribution in [0.3, 0.4) is 0 Å². The fraction of sp³-hybridized carbons (Fsp3) is 0.130. The summed E-state index contributed by atoms with van der Waals surface area (Å²) in [6.45, 7) is 0. The van der Waals surface area contributed by atoms with Gasteiger partial charge in [-0.25, -0.2) is 4.98 Å². The van der Waals surface area contributed by atoms with Crippen molar-refractivity contribution in [1.82, 2.24) is 4.98 Å². The zero-order valence-electron chi connectivity index (χ0n) is 16.8. The zero-order chi connectivity index (χ0) is 21.1. The van der Waals surface area contributed by atoms with Gasteiger partial charge in [0.25, 0.3) is 5.91 Å². The second-order valence-electron chi connectivity index (χ2n) is 6.42. The number of oxazole rings is 1. The van der Waals surface area contributed by atoms with E-state index in [1.54, 1.807) is 37.4 Å². The Bertz CT molecular complexity index is 1180. The number of rotatable bonds is 6. The standard InChI is InChI=1S/C23H20N2O5/c1-27-16-11-12-18-17(13-16)25-23(30-18)14-7-9-15(10-8-14)24-22(26)21-19(28-2)5-4-6-20(21)29-3/h4-13H,1-3H3,(H,24,26). The largest absolute Gasteiger partial charge is 0.497 e. The number of hydrogen-bond acceptors (Lipinski definition) is 6. The van der Waals surface area contributed by atoms with Crippen molar-refractivity contribution in [3.8, 4) is 28.7 Å². The molecule has 4 rings (SSSR count). The fourth-order valence-corrected chi connectivity index (χ4v) is 3.12. The van der Waals surface area contributed by atoms with Crippen molar-refractivity contribution < 1.29 is 23.4 Å². The molecule has 0 aliphatic rings. The number of anilines is 1. The topological polar surface area (TPSA) is 82.8 Å². The molecule has 1 heterocycles. The van der Waals surface area contributed by atoms with Crippen molar-refractivity contribution in [2.45, 2.75) is 0 Å². The van der Waals surface area contributed by atoms with Crippen LogP contribution in [0.25, 0.3) is 22.6 Å². The maximum Gasteiger partial charge on any atom is 0.263 e. The molecule has 3 aromatic carbocycles. The van der Waals surface area contributed by atoms with Gasteiger partial charge in [-0.1, -0.05) is 6.07 Å². The van der Waals surface area contributed by atoms with Crippen LogP contribution in [0.15, 0.2) is 65.1 Å². The highest BCUT2D eigenvalue weighted by molar-refractivity contribution is 6.08. The number of fused-ring (bicyclic) bond motifs is 1. The summed E-state index contributed by atoms with van der Waals surface area (Å²) in [5.41, 5.74) is 3.13. The third-order valence-electron chi connectivity index (χ3n) is 4.64. The van der Waals surface area contributed by atoms with E-state index in [4.69, 9.17) is 18.6 Å². The van der Waals surface area contributed by atoms with Gasteiger partial charge < -0.3 is 23.9 Å². The molecule has 0 fully saturated rings. The third-order valence-corrected chi connectivity index (χ3v) is 4.64. The third kappa shape index (κ3) is 3.65. The molecule has 152 valence electrons. The molecular weight excluding hydrogens is 384 g/mol. The Morgan fingerprint density at radius 2 is 1.60 bits per heavy atom. The van der Waals surface area contributed by atoms with Crippen LogP contribution < -0.4 is 19.5 Å². The molecular formula is C23H20N2O5. The SMILES string of the molecule is COc1ccc2oc(-c3ccc(NC(=O)c4c(OC)cccc4OC)cc3)nc2c1. The van der Waals surface area contributed by atoms with Crippen LogP contribution in [0.2, 0.25) is 0 Å². The van der Waals surface area contributed by atoms with E-state index in [1.807, 2.05) is 30.3 Å². The molecule has 1 N–H and O–H groups in total. The summed E-state index contributed by atoms with van der Waals surface area (Å²) < 4.78 is 21.6. The first-order valence-electron chi connectivity index (χ1n) is 9.20. The molecule has 7 nitrogen and oxygen atoms in total. The summed E-state index contributed by atoms with van der Waals surface area (Å²) in [4.78, 5) is 17.3. The van der Waals surface area contributed by atoms with Crippen LogP contribution >= 0.6 is 0 Å². The minimum Gasteiger partial charge on any atom is -0.497 e. The number of carbonyl (C=O) groups excluding carboxylic acids is 1. The van der Waals surface area contributed by atoms with Crippen LogP contribution in [0.4, 0.5) is 5.69 Å². The minimum atomic E-state index is -0.328. The lowest BCUT2D eigenvalue weighted by Crippen LogP contribution is -2.14. The highest BCUT2D eigenvalue weighted by atomic mass is 16.5. The van der Waals surface area contributed by atoms with Crippen LogP contribution in [-0.4, -0.2) is 32.2 Å². The second kappa shape index (κ2) is 8.16. The van der Waals surface area contributed by atoms with Gasteiger partial charge in [-0.05, 0) is 48.5 Å². The number of amides is 1. The monoisotopic (exact) mass is 404 g/mol. The predicted molar refractivity (Wildman–Crippen MR) is 113 cm³/mol. The number of methoxy groups -OCH3 is 3. The lowest BCUT2D eigenvalue weighted by atomic mass is 10.1. The van der Waals surface area contributed by atoms with E-state index in [1.165, 1.54) is 14.2 Å². The quantitative estimate of drug-likeness (QED) is 0.498. The van der Waals surface area contributed by atoms with Gasteiger partial charge in [0, 0.05) is 17.3 Å². The van der Waals surface area contributed by atoms with E-state index in [2.05, 4.69) is 10.3 Å². The number of aromatic nitrogens is 1. The number of nitrogens with one attached hydrogen (secondary N) is 1. The van der Waals surface area contributed by atoms with E-state index < -0.39 is 0 Å². The molecule has 0 radical (unpaired) electrons. The molecule has 0 saturated carbocycles. The fourth-order valence-electron chi connectivity index (χ4n) is 3.12. The van der Waals surface area contributed by atoms with Crippen molar-refractivity contribution in [1.29, 1.82) is 0 Å². The normalized spacial score (nSPS) is 10.6. The first-order chi connectivity index (χ1) is 14.6. The lowest BCUT2D eigenvalue weighted by Gasteiger charge is -2.13. The summed E-state index contributed by atoms with van der Waals surface area (Å²) in [6, 6.07) is 17.9. The first kappa shape index (κ1) is 19.3. The average Bonchev–Trinajstić information content (AvgIpc) is 3.22. The summed E-state index contributed by atoms with van der Waals surface area (Å²) >= 11 is 0. The molecule has 0 atom stereocenters. The maximum atomic E-state index is 12.8. The van der Waals surface area contributed by atoms with E-state index in [9.17, 15) is 4.79 Å². The molecule has 0 aliphatic heterocycles. The smallest absolute Gasteiger partial charge is 0.263 e. The van der Waals surface area contributed by atoms with Crippen LogP contribution in [0, 0.1) is 0 Å². The highest BCUT2D eigenvalue weighted by Crippen LogP contribution is 2.30. The highest BCUT2D eigenvalue weighted by Gasteiger charge is 2.18. The van der Waals surface area contributed by atoms with E-state index in [0.29, 0.717) is 45.5 Å². The van der Waals surface area contributed by atoms with Gasteiger partial charge in [0.15, 0.2) is 5.58 Å². The minimum absolute atomic E-state index is 0.328. The summed E-state index contributed by atoms with van der Waals surface area (Å²) in [7, 11) is 4.63. The first-order valence-corrected chi connectivity index (χ1v) is 9.20. The Balaban J connectivity index is 1.57. The number of carbonyl (C=O) groups is 1. The number of nitrogens with zero attached hydrogens (tertiary/aromatic N) is 1. The van der Waals surface area contributed by atoms with E-state index >= 15 is 0 Å². The number of benzene rings is 3. The molecule has 0 saturated heterocycles. The molecule has 4 aromatic rings. The van der Waals surface area contributed by atoms with Crippen molar-refractivity contribution >= 4 is 22.7 Å². The summed E-state index contributed by atoms with van der Waals surface area (Å²) in [5.74, 6) is 1.75. The van der Waals surface area contributed by atoms with Crippen molar-refractivity contribution in [3.05, 3.63) is 66.2 Å². The van der Waals surface area contributed by atoms with Crippen molar-refractivity contribution in [2.75, 3.05) is 26.6 Å². The molecule has 1 amide bonds. The van der Waals surface area contributed by atoms with Gasteiger partial charge in [0.05, 0.1) is 21.3 Å². The lowest BCUT2D eigenvalue weighted by molar-refractivity contribution is 0.102. The van der Waals surface area contributed by atoms with Gasteiger partial charge in [-0.3, -0.25) is 4.79 Å². The Morgan fingerprint density at radius 1 is 0.900 bits per heavy atom. The number of hydrogen-bond donors (Lipinski definition) is 1. The predicted octanol–water partition coefficient (Wildman–Crippen LogP) is 4.77. The van der Waals surface area contributed by atoms with Gasteiger partial charge in [0.2, 0.25) is 5.89 Å². The Morgan fingerprint density at radius 3 is 2.23 bits per heavy atom. The van der Waals surface area contributed by atoms with E-state index in [0.717, 1.165) is 5.56 Å². The second-order valence-corrected chi connectivity index (χ2v) is 6.42. The Labute approximate surface area is 173 Å². The number of ether oxygens (including phenoxy) is 3. The Kier molecular flexibility index (Phi) is 5.26. The summed E-state index contributed by atoms with van der Waals surface area (Å²) in [6.07, 6.45) is 0. The van der Waals surface area contributed by atoms with Gasteiger partial charge in [0.1, 0.15) is 28.3 Å². The Hall–Kier alpha value is -4.00. The van der Waals surface area contributed by atoms with Crippen molar-refractivity contribution in [2.24, 2.45) is 0 Å². The zero-order valence-corrected chi connectivity index (χ0v) is 16.8. The summed E-state index contributed by atoms with van der Waals surface area (Å²) in [5, 5.41) is 2.86. The molecule has 0 aliphatic carbocycles. The maximum absolute atomic E-state index is 12.8. The molecule has 0 unspecified atom stereocenters. The van der Waals surface area contributed by atoms with Crippen LogP contribution in [-0.2, 0) is 0 Å². The average molecular weight is 404 g/mol. The van der Waals surface area contributed by atoms with E-state index in [-0.39, 0.29) is 5.91 Å². The van der Waals surface area contributed by atoms with Crippen LogP contribution in [0.1, 0.15) is 10.4 Å². The molecule has 0 bridgehead atoms. The van der Waals surface area contributed by atoms with Gasteiger partial charge >= 0.3 is 0 Å². The molecule has 7 heteroatoms. The molecule has 0 spiro atoms. The molecule has 30 heavy (non-hydrogen) atoms. The van der Waals surface area contributed by atoms with Crippen LogP contribution in [0.5, 0.6) is 17.2 Å². The van der Waals surface area contributed by atoms with Gasteiger partial charge in [-0.2, -0.15) is 0 Å². The van der Waals surface area contributed by atoms with Gasteiger partial charge in [-0.15, -0.1) is 0 Å².